The van der Waals surface area contributed by atoms with Crippen molar-refractivity contribution in [2.24, 2.45) is 11.7 Å². The molecule has 5 nitrogen and oxygen atoms in total. The summed E-state index contributed by atoms with van der Waals surface area (Å²) in [6.07, 6.45) is 5.66. The predicted octanol–water partition coefficient (Wildman–Crippen LogP) is 0.873. The molecule has 0 spiro atoms. The van der Waals surface area contributed by atoms with Gasteiger partial charge in [0.2, 0.25) is 5.91 Å². The van der Waals surface area contributed by atoms with Gasteiger partial charge in [0, 0.05) is 6.04 Å². The van der Waals surface area contributed by atoms with Gasteiger partial charge in [-0.25, -0.2) is 0 Å². The highest BCUT2D eigenvalue weighted by Crippen LogP contribution is 2.26. The van der Waals surface area contributed by atoms with E-state index in [1.54, 1.807) is 0 Å². The van der Waals surface area contributed by atoms with Crippen LogP contribution in [0.5, 0.6) is 0 Å². The normalized spacial score (nSPS) is 20.6. The lowest BCUT2D eigenvalue weighted by molar-refractivity contribution is -0.139. The molecule has 0 aromatic carbocycles. The van der Waals surface area contributed by atoms with Crippen molar-refractivity contribution in [2.45, 2.75) is 57.5 Å². The van der Waals surface area contributed by atoms with Gasteiger partial charge in [0.05, 0.1) is 12.5 Å². The number of carbonyl (C=O) groups is 2. The highest BCUT2D eigenvalue weighted by atomic mass is 16.4. The topological polar surface area (TPSA) is 92.4 Å². The largest absolute Gasteiger partial charge is 0.481 e. The van der Waals surface area contributed by atoms with E-state index in [9.17, 15) is 9.59 Å². The van der Waals surface area contributed by atoms with Gasteiger partial charge < -0.3 is 16.2 Å². The summed E-state index contributed by atoms with van der Waals surface area (Å²) in [6, 6.07) is -0.860. The highest BCUT2D eigenvalue weighted by molar-refractivity contribution is 5.86. The van der Waals surface area contributed by atoms with Crippen LogP contribution in [0.3, 0.4) is 0 Å². The molecule has 0 saturated heterocycles. The summed E-state index contributed by atoms with van der Waals surface area (Å²) < 4.78 is 0. The Morgan fingerprint density at radius 2 is 1.94 bits per heavy atom. The van der Waals surface area contributed by atoms with E-state index in [1.807, 2.05) is 6.92 Å². The lowest BCUT2D eigenvalue weighted by Crippen LogP contribution is -2.47. The minimum absolute atomic E-state index is 0.0858. The molecule has 0 radical (unpaired) electrons. The number of carboxylic acid groups (broad SMARTS) is 1. The van der Waals surface area contributed by atoms with Crippen molar-refractivity contribution in [3.63, 3.8) is 0 Å². The van der Waals surface area contributed by atoms with Crippen LogP contribution in [0.15, 0.2) is 0 Å². The third-order valence-electron chi connectivity index (χ3n) is 3.46. The Kier molecular flexibility index (Phi) is 5.41. The molecule has 0 heterocycles. The van der Waals surface area contributed by atoms with Gasteiger partial charge in [-0.2, -0.15) is 0 Å². The average Bonchev–Trinajstić information content (AvgIpc) is 2.29. The molecule has 2 atom stereocenters. The first-order valence-corrected chi connectivity index (χ1v) is 6.28. The molecule has 4 N–H and O–H groups in total. The smallest absolute Gasteiger partial charge is 0.305 e. The minimum atomic E-state index is -1.04. The van der Waals surface area contributed by atoms with Crippen molar-refractivity contribution >= 4 is 11.9 Å². The summed E-state index contributed by atoms with van der Waals surface area (Å²) >= 11 is 0. The first-order chi connectivity index (χ1) is 8.00. The number of nitrogens with one attached hydrogen (secondary N) is 1. The SMILES string of the molecule is C[C@H](NC(=O)C(N)CC(=O)O)C1CCCCC1. The van der Waals surface area contributed by atoms with E-state index in [1.165, 1.54) is 19.3 Å². The van der Waals surface area contributed by atoms with Crippen molar-refractivity contribution in [3.8, 4) is 0 Å². The lowest BCUT2D eigenvalue weighted by atomic mass is 9.84. The fourth-order valence-corrected chi connectivity index (χ4v) is 2.36. The van der Waals surface area contributed by atoms with E-state index in [0.717, 1.165) is 12.8 Å². The van der Waals surface area contributed by atoms with E-state index in [4.69, 9.17) is 10.8 Å². The van der Waals surface area contributed by atoms with E-state index in [-0.39, 0.29) is 18.4 Å². The van der Waals surface area contributed by atoms with Crippen molar-refractivity contribution in [1.82, 2.24) is 5.32 Å². The monoisotopic (exact) mass is 242 g/mol. The molecule has 98 valence electrons. The Balaban J connectivity index is 2.36. The van der Waals surface area contributed by atoms with Gasteiger partial charge in [-0.15, -0.1) is 0 Å². The number of carboxylic acids is 1. The summed E-state index contributed by atoms with van der Waals surface area (Å²) in [4.78, 5) is 22.1. The molecular weight excluding hydrogens is 220 g/mol. The molecule has 1 aliphatic rings. The van der Waals surface area contributed by atoms with Crippen LogP contribution in [0, 0.1) is 5.92 Å². The summed E-state index contributed by atoms with van der Waals surface area (Å²) in [6.45, 7) is 1.97. The van der Waals surface area contributed by atoms with Crippen molar-refractivity contribution < 1.29 is 14.7 Å². The second kappa shape index (κ2) is 6.59. The van der Waals surface area contributed by atoms with Crippen LogP contribution < -0.4 is 11.1 Å². The first kappa shape index (κ1) is 14.0. The zero-order valence-electron chi connectivity index (χ0n) is 10.3. The van der Waals surface area contributed by atoms with Crippen LogP contribution >= 0.6 is 0 Å². The van der Waals surface area contributed by atoms with Crippen LogP contribution in [0.2, 0.25) is 0 Å². The van der Waals surface area contributed by atoms with Gasteiger partial charge in [-0.1, -0.05) is 19.3 Å². The lowest BCUT2D eigenvalue weighted by Gasteiger charge is -2.28. The van der Waals surface area contributed by atoms with Crippen molar-refractivity contribution in [1.29, 1.82) is 0 Å². The Labute approximate surface area is 102 Å². The fraction of sp³-hybridized carbons (Fsp3) is 0.833. The van der Waals surface area contributed by atoms with Gasteiger partial charge in [0.25, 0.3) is 0 Å². The molecule has 0 bridgehead atoms. The maximum Gasteiger partial charge on any atom is 0.305 e. The zero-order valence-corrected chi connectivity index (χ0v) is 10.3. The third-order valence-corrected chi connectivity index (χ3v) is 3.46. The van der Waals surface area contributed by atoms with Gasteiger partial charge in [-0.05, 0) is 25.7 Å². The second-order valence-corrected chi connectivity index (χ2v) is 4.90. The predicted molar refractivity (Wildman–Crippen MR) is 64.4 cm³/mol. The van der Waals surface area contributed by atoms with E-state index >= 15 is 0 Å². The summed E-state index contributed by atoms with van der Waals surface area (Å²) in [5.41, 5.74) is 5.50. The molecule has 0 aliphatic heterocycles. The Bertz CT molecular complexity index is 275. The molecule has 0 aromatic rings. The highest BCUT2D eigenvalue weighted by Gasteiger charge is 2.24. The maximum atomic E-state index is 11.6. The summed E-state index contributed by atoms with van der Waals surface area (Å²) in [5.74, 6) is -0.895. The number of nitrogens with two attached hydrogens (primary N) is 1. The molecule has 0 aromatic heterocycles. The number of aliphatic carboxylic acids is 1. The van der Waals surface area contributed by atoms with Crippen LogP contribution in [0.25, 0.3) is 0 Å². The number of carbonyl (C=O) groups excluding carboxylic acids is 1. The maximum absolute atomic E-state index is 11.6. The van der Waals surface area contributed by atoms with Gasteiger partial charge >= 0.3 is 5.97 Å². The standard InChI is InChI=1S/C12H22N2O3/c1-8(9-5-3-2-4-6-9)14-12(17)10(13)7-11(15)16/h8-10H,2-7,13H2,1H3,(H,14,17)(H,15,16)/t8-,10?/m0/s1. The van der Waals surface area contributed by atoms with Crippen LogP contribution in [-0.2, 0) is 9.59 Å². The molecule has 5 heteroatoms. The fourth-order valence-electron chi connectivity index (χ4n) is 2.36. The third kappa shape index (κ3) is 4.73. The van der Waals surface area contributed by atoms with Crippen molar-refractivity contribution in [2.75, 3.05) is 0 Å². The molecule has 1 unspecified atom stereocenters. The molecule has 17 heavy (non-hydrogen) atoms. The molecule has 1 amide bonds. The molecule has 1 saturated carbocycles. The van der Waals surface area contributed by atoms with Crippen molar-refractivity contribution in [3.05, 3.63) is 0 Å². The molecule has 1 fully saturated rings. The summed E-state index contributed by atoms with van der Waals surface area (Å²) in [7, 11) is 0. The first-order valence-electron chi connectivity index (χ1n) is 6.28. The number of rotatable bonds is 5. The quantitative estimate of drug-likeness (QED) is 0.667. The Morgan fingerprint density at radius 1 is 1.35 bits per heavy atom. The molecular formula is C12H22N2O3. The second-order valence-electron chi connectivity index (χ2n) is 4.90. The Hall–Kier alpha value is -1.10. The van der Waals surface area contributed by atoms with Crippen LogP contribution in [-0.4, -0.2) is 29.1 Å². The minimum Gasteiger partial charge on any atom is -0.481 e. The summed E-state index contributed by atoms with van der Waals surface area (Å²) in [5, 5.41) is 11.4. The van der Waals surface area contributed by atoms with E-state index in [0.29, 0.717) is 5.92 Å². The van der Waals surface area contributed by atoms with Gasteiger partial charge in [-0.3, -0.25) is 9.59 Å². The number of hydrogen-bond acceptors (Lipinski definition) is 3. The van der Waals surface area contributed by atoms with Crippen LogP contribution in [0.4, 0.5) is 0 Å². The van der Waals surface area contributed by atoms with Crippen LogP contribution in [0.1, 0.15) is 45.4 Å². The van der Waals surface area contributed by atoms with Gasteiger partial charge in [0.1, 0.15) is 0 Å². The number of amides is 1. The number of hydrogen-bond donors (Lipinski definition) is 3. The van der Waals surface area contributed by atoms with Gasteiger partial charge in [0.15, 0.2) is 0 Å². The Morgan fingerprint density at radius 3 is 2.47 bits per heavy atom. The average molecular weight is 242 g/mol. The van der Waals surface area contributed by atoms with E-state index in [2.05, 4.69) is 5.32 Å². The molecule has 1 rings (SSSR count). The molecule has 1 aliphatic carbocycles. The zero-order chi connectivity index (χ0) is 12.8. The van der Waals surface area contributed by atoms with E-state index < -0.39 is 12.0 Å².